The number of pyridine rings is 1. The van der Waals surface area contributed by atoms with E-state index < -0.39 is 11.9 Å². The van der Waals surface area contributed by atoms with Crippen molar-refractivity contribution in [3.05, 3.63) is 99.8 Å². The van der Waals surface area contributed by atoms with Gasteiger partial charge in [0.1, 0.15) is 17.1 Å². The number of aromatic nitrogens is 3. The summed E-state index contributed by atoms with van der Waals surface area (Å²) in [5.74, 6) is -1.50. The molecule has 160 valence electrons. The summed E-state index contributed by atoms with van der Waals surface area (Å²) < 4.78 is 2.34. The molecule has 0 bridgehead atoms. The Balaban J connectivity index is 1.82. The van der Waals surface area contributed by atoms with Crippen LogP contribution in [0.2, 0.25) is 0 Å². The van der Waals surface area contributed by atoms with Crippen molar-refractivity contribution in [2.24, 2.45) is 0 Å². The second kappa shape index (κ2) is 9.15. The molecule has 0 saturated heterocycles. The Morgan fingerprint density at radius 3 is 2.38 bits per heavy atom. The number of benzene rings is 2. The highest BCUT2D eigenvalue weighted by Crippen LogP contribution is 2.30. The third-order valence-electron chi connectivity index (χ3n) is 4.86. The fourth-order valence-corrected chi connectivity index (χ4v) is 3.52. The van der Waals surface area contributed by atoms with E-state index in [0.717, 1.165) is 15.7 Å². The topological polar surface area (TPSA) is 97.1 Å². The molecule has 4 rings (SSSR count). The molecule has 0 aliphatic heterocycles. The lowest BCUT2D eigenvalue weighted by molar-refractivity contribution is 0.0699. The average Bonchev–Trinajstić information content (AvgIpc) is 3.13. The zero-order valence-corrected chi connectivity index (χ0v) is 18.7. The number of carboxylic acids is 1. The Morgan fingerprint density at radius 2 is 1.75 bits per heavy atom. The molecule has 2 aromatic heterocycles. The lowest BCUT2D eigenvalue weighted by atomic mass is 10.1. The van der Waals surface area contributed by atoms with Crippen LogP contribution in [-0.2, 0) is 6.54 Å². The zero-order chi connectivity index (χ0) is 22.7. The maximum atomic E-state index is 12.9. The van der Waals surface area contributed by atoms with Crippen LogP contribution >= 0.6 is 15.9 Å². The van der Waals surface area contributed by atoms with E-state index in [4.69, 9.17) is 0 Å². The molecule has 0 fully saturated rings. The van der Waals surface area contributed by atoms with E-state index in [1.165, 1.54) is 4.68 Å². The summed E-state index contributed by atoms with van der Waals surface area (Å²) in [6, 6.07) is 19.9. The van der Waals surface area contributed by atoms with Crippen LogP contribution in [0.3, 0.4) is 0 Å². The van der Waals surface area contributed by atoms with Crippen molar-refractivity contribution in [3.8, 4) is 11.3 Å². The van der Waals surface area contributed by atoms with Crippen LogP contribution in [0, 0.1) is 6.92 Å². The number of halogens is 1. The molecule has 2 heterocycles. The molecule has 4 aromatic rings. The maximum absolute atomic E-state index is 12.9. The van der Waals surface area contributed by atoms with Gasteiger partial charge in [-0.3, -0.25) is 9.78 Å². The molecule has 0 spiro atoms. The second-order valence-electron chi connectivity index (χ2n) is 7.17. The highest BCUT2D eigenvalue weighted by Gasteiger charge is 2.26. The Hall–Kier alpha value is -3.78. The van der Waals surface area contributed by atoms with Gasteiger partial charge in [0.25, 0.3) is 5.91 Å². The Bertz CT molecular complexity index is 1270. The van der Waals surface area contributed by atoms with Crippen molar-refractivity contribution in [1.82, 2.24) is 14.8 Å². The van der Waals surface area contributed by atoms with Gasteiger partial charge < -0.3 is 10.4 Å². The minimum absolute atomic E-state index is 0.0861. The molecule has 2 aromatic carbocycles. The van der Waals surface area contributed by atoms with Crippen LogP contribution in [-0.4, -0.2) is 31.7 Å². The molecular formula is C24H19BrN4O3. The van der Waals surface area contributed by atoms with Crippen molar-refractivity contribution in [1.29, 1.82) is 0 Å². The van der Waals surface area contributed by atoms with Gasteiger partial charge in [0.05, 0.1) is 6.54 Å². The number of carboxylic acid groups (broad SMARTS) is 1. The average molecular weight is 491 g/mol. The van der Waals surface area contributed by atoms with Crippen LogP contribution < -0.4 is 5.32 Å². The summed E-state index contributed by atoms with van der Waals surface area (Å²) in [5, 5.41) is 17.4. The van der Waals surface area contributed by atoms with Crippen LogP contribution in [0.5, 0.6) is 0 Å². The second-order valence-corrected chi connectivity index (χ2v) is 8.09. The Kier molecular flexibility index (Phi) is 6.13. The summed E-state index contributed by atoms with van der Waals surface area (Å²) in [6.45, 7) is 2.14. The summed E-state index contributed by atoms with van der Waals surface area (Å²) in [7, 11) is 0. The van der Waals surface area contributed by atoms with Crippen molar-refractivity contribution >= 4 is 33.6 Å². The number of aryl methyl sites for hydroxylation is 1. The minimum atomic E-state index is -1.19. The molecule has 0 aliphatic rings. The monoisotopic (exact) mass is 490 g/mol. The zero-order valence-electron chi connectivity index (χ0n) is 17.1. The number of carbonyl (C=O) groups is 2. The highest BCUT2D eigenvalue weighted by atomic mass is 79.9. The molecule has 7 nitrogen and oxygen atoms in total. The number of rotatable bonds is 6. The van der Waals surface area contributed by atoms with E-state index in [-0.39, 0.29) is 23.6 Å². The first-order chi connectivity index (χ1) is 15.4. The van der Waals surface area contributed by atoms with E-state index in [1.54, 1.807) is 42.6 Å². The first-order valence-electron chi connectivity index (χ1n) is 9.80. The number of aromatic carboxylic acids is 1. The largest absolute Gasteiger partial charge is 0.477 e. The number of carbonyl (C=O) groups excluding carboxylic acids is 1. The first-order valence-corrected chi connectivity index (χ1v) is 10.6. The van der Waals surface area contributed by atoms with Crippen molar-refractivity contribution in [2.45, 2.75) is 13.5 Å². The van der Waals surface area contributed by atoms with Gasteiger partial charge in [-0.2, -0.15) is 5.10 Å². The molecule has 0 saturated carbocycles. The first kappa shape index (κ1) is 21.5. The lowest BCUT2D eigenvalue weighted by Gasteiger charge is -2.10. The summed E-state index contributed by atoms with van der Waals surface area (Å²) in [4.78, 5) is 29.5. The van der Waals surface area contributed by atoms with E-state index in [2.05, 4.69) is 31.3 Å². The SMILES string of the molecule is Cc1ccc(-c2nn(Cc3ccccc3)c(NC(=O)c3ccc(Br)cc3)c2C(=O)O)cn1. The van der Waals surface area contributed by atoms with Crippen LogP contribution in [0.4, 0.5) is 5.82 Å². The molecule has 0 atom stereocenters. The third kappa shape index (κ3) is 4.60. The molecule has 0 aliphatic carbocycles. The summed E-state index contributed by atoms with van der Waals surface area (Å²) in [5.41, 5.74) is 2.83. The number of nitrogens with one attached hydrogen (secondary N) is 1. The molecule has 0 radical (unpaired) electrons. The normalized spacial score (nSPS) is 10.7. The van der Waals surface area contributed by atoms with Crippen LogP contribution in [0.1, 0.15) is 32.0 Å². The van der Waals surface area contributed by atoms with Gasteiger partial charge in [0, 0.05) is 27.5 Å². The van der Waals surface area contributed by atoms with Gasteiger partial charge in [-0.1, -0.05) is 46.3 Å². The predicted molar refractivity (Wildman–Crippen MR) is 125 cm³/mol. The summed E-state index contributed by atoms with van der Waals surface area (Å²) in [6.07, 6.45) is 1.58. The highest BCUT2D eigenvalue weighted by molar-refractivity contribution is 9.10. The Labute approximate surface area is 192 Å². The quantitative estimate of drug-likeness (QED) is 0.395. The van der Waals surface area contributed by atoms with Crippen molar-refractivity contribution in [3.63, 3.8) is 0 Å². The molecule has 32 heavy (non-hydrogen) atoms. The van der Waals surface area contributed by atoms with E-state index in [0.29, 0.717) is 11.1 Å². The summed E-state index contributed by atoms with van der Waals surface area (Å²) >= 11 is 3.35. The minimum Gasteiger partial charge on any atom is -0.477 e. The fraction of sp³-hybridized carbons (Fsp3) is 0.0833. The van der Waals surface area contributed by atoms with Gasteiger partial charge >= 0.3 is 5.97 Å². The molecule has 8 heteroatoms. The third-order valence-corrected chi connectivity index (χ3v) is 5.39. The number of hydrogen-bond donors (Lipinski definition) is 2. The van der Waals surface area contributed by atoms with Crippen LogP contribution in [0.15, 0.2) is 77.4 Å². The molecular weight excluding hydrogens is 472 g/mol. The van der Waals surface area contributed by atoms with E-state index >= 15 is 0 Å². The van der Waals surface area contributed by atoms with Gasteiger partial charge in [-0.15, -0.1) is 0 Å². The van der Waals surface area contributed by atoms with Gasteiger partial charge in [0.15, 0.2) is 0 Å². The lowest BCUT2D eigenvalue weighted by Crippen LogP contribution is -2.18. The van der Waals surface area contributed by atoms with Crippen molar-refractivity contribution in [2.75, 3.05) is 5.32 Å². The number of nitrogens with zero attached hydrogens (tertiary/aromatic N) is 3. The number of anilines is 1. The van der Waals surface area contributed by atoms with E-state index in [9.17, 15) is 14.7 Å². The molecule has 1 amide bonds. The number of hydrogen-bond acceptors (Lipinski definition) is 4. The van der Waals surface area contributed by atoms with Crippen LogP contribution in [0.25, 0.3) is 11.3 Å². The van der Waals surface area contributed by atoms with E-state index in [1.807, 2.05) is 37.3 Å². The van der Waals surface area contributed by atoms with Gasteiger partial charge in [0.2, 0.25) is 0 Å². The predicted octanol–water partition coefficient (Wildman–Crippen LogP) is 5.01. The Morgan fingerprint density at radius 1 is 1.03 bits per heavy atom. The fourth-order valence-electron chi connectivity index (χ4n) is 3.25. The smallest absolute Gasteiger partial charge is 0.341 e. The van der Waals surface area contributed by atoms with Gasteiger partial charge in [-0.05, 0) is 48.9 Å². The standard InChI is InChI=1S/C24H19BrN4O3/c1-15-7-8-18(13-26-15)21-20(24(31)32)22(27-23(30)17-9-11-19(25)12-10-17)29(28-21)14-16-5-3-2-4-6-16/h2-13H,14H2,1H3,(H,27,30)(H,31,32). The molecule has 2 N–H and O–H groups in total. The molecule has 0 unspecified atom stereocenters. The van der Waals surface area contributed by atoms with Gasteiger partial charge in [-0.25, -0.2) is 9.48 Å². The van der Waals surface area contributed by atoms with Crippen molar-refractivity contribution < 1.29 is 14.7 Å². The maximum Gasteiger partial charge on any atom is 0.341 e. The number of amides is 1.